The van der Waals surface area contributed by atoms with E-state index in [1.165, 1.54) is 16.5 Å². The number of ether oxygens (including phenoxy) is 2. The van der Waals surface area contributed by atoms with Crippen LogP contribution in [0.25, 0.3) is 5.52 Å². The molecule has 5 nitrogen and oxygen atoms in total. The fraction of sp³-hybridized carbons (Fsp3) is 0.214. The highest BCUT2D eigenvalue weighted by atomic mass is 19.4. The van der Waals surface area contributed by atoms with Crippen LogP contribution in [-0.4, -0.2) is 22.8 Å². The smallest absolute Gasteiger partial charge is 0.416 e. The van der Waals surface area contributed by atoms with E-state index >= 15 is 0 Å². The second-order valence-electron chi connectivity index (χ2n) is 8.05. The summed E-state index contributed by atoms with van der Waals surface area (Å²) < 4.78 is 52.8. The molecule has 0 spiro atoms. The van der Waals surface area contributed by atoms with Crippen LogP contribution >= 0.6 is 0 Å². The van der Waals surface area contributed by atoms with Gasteiger partial charge in [0.15, 0.2) is 0 Å². The Kier molecular flexibility index (Phi) is 7.15. The number of carbonyl (C=O) groups is 2. The molecule has 0 aliphatic heterocycles. The predicted molar refractivity (Wildman–Crippen MR) is 128 cm³/mol. The number of benzene rings is 2. The van der Waals surface area contributed by atoms with Gasteiger partial charge in [-0.15, -0.1) is 0 Å². The number of rotatable bonds is 8. The Morgan fingerprint density at radius 1 is 0.944 bits per heavy atom. The van der Waals surface area contributed by atoms with Gasteiger partial charge in [0.1, 0.15) is 17.9 Å². The first-order valence-electron chi connectivity index (χ1n) is 11.5. The minimum atomic E-state index is -4.60. The second kappa shape index (κ2) is 10.3. The number of hydrogen-bond acceptors (Lipinski definition) is 4. The fourth-order valence-electron chi connectivity index (χ4n) is 4.16. The molecule has 186 valence electrons. The molecule has 0 aliphatic carbocycles. The molecule has 0 aliphatic rings. The summed E-state index contributed by atoms with van der Waals surface area (Å²) in [6, 6.07) is 17.0. The highest BCUT2D eigenvalue weighted by Crippen LogP contribution is 2.35. The quantitative estimate of drug-likeness (QED) is 0.207. The van der Waals surface area contributed by atoms with Gasteiger partial charge in [-0.05, 0) is 48.7 Å². The Morgan fingerprint density at radius 3 is 2.36 bits per heavy atom. The molecule has 0 amide bonds. The maximum absolute atomic E-state index is 13.6. The molecule has 2 heterocycles. The van der Waals surface area contributed by atoms with Gasteiger partial charge in [-0.25, -0.2) is 4.79 Å². The average Bonchev–Trinajstić information content (AvgIpc) is 3.22. The van der Waals surface area contributed by atoms with Crippen molar-refractivity contribution in [3.8, 4) is 5.75 Å². The van der Waals surface area contributed by atoms with Gasteiger partial charge in [-0.1, -0.05) is 49.4 Å². The topological polar surface area (TPSA) is 57.0 Å². The zero-order valence-electron chi connectivity index (χ0n) is 19.8. The van der Waals surface area contributed by atoms with E-state index in [-0.39, 0.29) is 36.5 Å². The van der Waals surface area contributed by atoms with Crippen molar-refractivity contribution in [2.24, 2.45) is 0 Å². The Morgan fingerprint density at radius 2 is 1.69 bits per heavy atom. The first-order chi connectivity index (χ1) is 17.3. The maximum atomic E-state index is 13.6. The number of nitrogens with zero attached hydrogens (tertiary/aromatic N) is 1. The summed E-state index contributed by atoms with van der Waals surface area (Å²) in [5.41, 5.74) is 0.818. The van der Waals surface area contributed by atoms with Gasteiger partial charge in [0.2, 0.25) is 5.78 Å². The van der Waals surface area contributed by atoms with Crippen molar-refractivity contribution in [2.45, 2.75) is 33.1 Å². The number of ketones is 1. The van der Waals surface area contributed by atoms with Crippen molar-refractivity contribution in [2.75, 3.05) is 6.61 Å². The van der Waals surface area contributed by atoms with E-state index < -0.39 is 23.5 Å². The van der Waals surface area contributed by atoms with E-state index in [0.717, 1.165) is 17.7 Å². The van der Waals surface area contributed by atoms with E-state index in [2.05, 4.69) is 0 Å². The molecule has 2 aromatic carbocycles. The van der Waals surface area contributed by atoms with E-state index in [1.54, 1.807) is 32.2 Å². The van der Waals surface area contributed by atoms with Crippen LogP contribution in [0.2, 0.25) is 0 Å². The SMILES string of the molecule is CCOC(=O)c1c(CC)c(C(=O)c2cccc(C(F)(F)F)c2)n2cccc(OCc3ccccc3)c12. The summed E-state index contributed by atoms with van der Waals surface area (Å²) in [5.74, 6) is -0.920. The molecule has 36 heavy (non-hydrogen) atoms. The molecule has 8 heteroatoms. The Bertz CT molecular complexity index is 1410. The Balaban J connectivity index is 1.90. The van der Waals surface area contributed by atoms with Gasteiger partial charge < -0.3 is 13.9 Å². The molecular formula is C28H24F3NO4. The van der Waals surface area contributed by atoms with Crippen molar-refractivity contribution < 1.29 is 32.2 Å². The molecule has 0 saturated heterocycles. The largest absolute Gasteiger partial charge is 0.487 e. The van der Waals surface area contributed by atoms with Crippen LogP contribution in [0.15, 0.2) is 72.9 Å². The van der Waals surface area contributed by atoms with Crippen LogP contribution < -0.4 is 4.74 Å². The third-order valence-corrected chi connectivity index (χ3v) is 5.76. The van der Waals surface area contributed by atoms with Gasteiger partial charge in [0, 0.05) is 11.8 Å². The van der Waals surface area contributed by atoms with Gasteiger partial charge in [0.05, 0.1) is 23.4 Å². The van der Waals surface area contributed by atoms with Crippen LogP contribution in [0, 0.1) is 0 Å². The number of pyridine rings is 1. The summed E-state index contributed by atoms with van der Waals surface area (Å²) in [7, 11) is 0. The van der Waals surface area contributed by atoms with E-state index in [1.807, 2.05) is 30.3 Å². The van der Waals surface area contributed by atoms with Gasteiger partial charge in [-0.2, -0.15) is 13.2 Å². The lowest BCUT2D eigenvalue weighted by Crippen LogP contribution is -2.12. The molecule has 4 rings (SSSR count). The Hall–Kier alpha value is -4.07. The molecule has 0 atom stereocenters. The number of aromatic nitrogens is 1. The minimum absolute atomic E-state index is 0.0973. The van der Waals surface area contributed by atoms with E-state index in [0.29, 0.717) is 16.8 Å². The van der Waals surface area contributed by atoms with Crippen molar-refractivity contribution in [3.63, 3.8) is 0 Å². The average molecular weight is 495 g/mol. The molecule has 0 radical (unpaired) electrons. The summed E-state index contributed by atoms with van der Waals surface area (Å²) in [5, 5.41) is 0. The zero-order valence-corrected chi connectivity index (χ0v) is 19.8. The molecule has 0 saturated carbocycles. The molecule has 0 N–H and O–H groups in total. The number of hydrogen-bond donors (Lipinski definition) is 0. The summed E-state index contributed by atoms with van der Waals surface area (Å²) >= 11 is 0. The van der Waals surface area contributed by atoms with Crippen molar-refractivity contribution in [1.82, 2.24) is 4.40 Å². The zero-order chi connectivity index (χ0) is 25.9. The molecule has 0 bridgehead atoms. The number of halogens is 3. The number of alkyl halides is 3. The van der Waals surface area contributed by atoms with Gasteiger partial charge in [-0.3, -0.25) is 4.79 Å². The van der Waals surface area contributed by atoms with E-state index in [9.17, 15) is 22.8 Å². The van der Waals surface area contributed by atoms with Gasteiger partial charge in [0.25, 0.3) is 0 Å². The van der Waals surface area contributed by atoms with Crippen LogP contribution in [0.5, 0.6) is 5.75 Å². The monoisotopic (exact) mass is 495 g/mol. The fourth-order valence-corrected chi connectivity index (χ4v) is 4.16. The lowest BCUT2D eigenvalue weighted by Gasteiger charge is -2.11. The van der Waals surface area contributed by atoms with Crippen molar-refractivity contribution >= 4 is 17.3 Å². The molecule has 2 aromatic heterocycles. The van der Waals surface area contributed by atoms with Crippen LogP contribution in [-0.2, 0) is 23.9 Å². The highest BCUT2D eigenvalue weighted by molar-refractivity contribution is 6.13. The van der Waals surface area contributed by atoms with Crippen molar-refractivity contribution in [1.29, 1.82) is 0 Å². The summed E-state index contributed by atoms with van der Waals surface area (Å²) in [4.78, 5) is 26.7. The third-order valence-electron chi connectivity index (χ3n) is 5.76. The Labute approximate surface area is 206 Å². The molecule has 0 unspecified atom stereocenters. The van der Waals surface area contributed by atoms with Crippen LogP contribution in [0.4, 0.5) is 13.2 Å². The van der Waals surface area contributed by atoms with E-state index in [4.69, 9.17) is 9.47 Å². The first kappa shape index (κ1) is 25.0. The summed E-state index contributed by atoms with van der Waals surface area (Å²) in [6.45, 7) is 3.77. The molecule has 4 aromatic rings. The van der Waals surface area contributed by atoms with Crippen molar-refractivity contribution in [3.05, 3.63) is 106 Å². The van der Waals surface area contributed by atoms with Crippen LogP contribution in [0.3, 0.4) is 0 Å². The first-order valence-corrected chi connectivity index (χ1v) is 11.5. The minimum Gasteiger partial charge on any atom is -0.487 e. The lowest BCUT2D eigenvalue weighted by molar-refractivity contribution is -0.137. The summed E-state index contributed by atoms with van der Waals surface area (Å²) in [6.07, 6.45) is -2.74. The third kappa shape index (κ3) is 4.84. The number of fused-ring (bicyclic) bond motifs is 1. The molecule has 0 fully saturated rings. The normalized spacial score (nSPS) is 11.5. The number of carbonyl (C=O) groups excluding carboxylic acids is 2. The molecular weight excluding hydrogens is 471 g/mol. The number of esters is 1. The van der Waals surface area contributed by atoms with Crippen LogP contribution in [0.1, 0.15) is 56.9 Å². The highest BCUT2D eigenvalue weighted by Gasteiger charge is 2.33. The van der Waals surface area contributed by atoms with Gasteiger partial charge >= 0.3 is 12.1 Å². The predicted octanol–water partition coefficient (Wildman–Crippen LogP) is 6.51. The second-order valence-corrected chi connectivity index (χ2v) is 8.05. The standard InChI is InChI=1S/C28H24F3NO4/c1-3-21-23(27(34)35-4-2)25-22(36-17-18-10-6-5-7-11-18)14-9-15-32(25)24(21)26(33)19-12-8-13-20(16-19)28(29,30)31/h5-16H,3-4,17H2,1-2H3. The maximum Gasteiger partial charge on any atom is 0.416 e. The lowest BCUT2D eigenvalue weighted by atomic mass is 9.99.